The number of hydrogen-bond acceptors (Lipinski definition) is 6. The summed E-state index contributed by atoms with van der Waals surface area (Å²) in [6.45, 7) is 2.45. The van der Waals surface area contributed by atoms with E-state index in [2.05, 4.69) is 39.9 Å². The monoisotopic (exact) mass is 491 g/mol. The topological polar surface area (TPSA) is 118 Å². The van der Waals surface area contributed by atoms with Gasteiger partial charge in [0.05, 0.1) is 12.2 Å². The molecule has 1 fully saturated rings. The number of amides is 2. The van der Waals surface area contributed by atoms with Crippen molar-refractivity contribution in [3.05, 3.63) is 75.2 Å². The third-order valence-electron chi connectivity index (χ3n) is 6.56. The summed E-state index contributed by atoms with van der Waals surface area (Å²) in [7, 11) is 0. The van der Waals surface area contributed by atoms with Gasteiger partial charge in [0.25, 0.3) is 0 Å². The number of carboxylic acids is 1. The minimum Gasteiger partial charge on any atom is -0.477 e. The molecule has 3 N–H and O–H groups in total. The summed E-state index contributed by atoms with van der Waals surface area (Å²) in [5, 5.41) is 15.3. The number of carboxylic acid groups (broad SMARTS) is 1. The first kappa shape index (κ1) is 23.0. The lowest BCUT2D eigenvalue weighted by Gasteiger charge is -2.14. The van der Waals surface area contributed by atoms with Crippen molar-refractivity contribution in [2.45, 2.75) is 25.8 Å². The molecule has 9 heteroatoms. The van der Waals surface area contributed by atoms with Crippen LogP contribution in [0.1, 0.15) is 43.8 Å². The zero-order valence-corrected chi connectivity index (χ0v) is 19.9. The van der Waals surface area contributed by atoms with Crippen LogP contribution in [0.4, 0.5) is 4.79 Å². The van der Waals surface area contributed by atoms with Gasteiger partial charge in [0.2, 0.25) is 5.91 Å². The van der Waals surface area contributed by atoms with Gasteiger partial charge >= 0.3 is 12.1 Å². The number of fused-ring (bicyclic) bond motifs is 3. The first-order chi connectivity index (χ1) is 16.9. The number of hydrogen-bond donors (Lipinski definition) is 3. The molecule has 0 aliphatic heterocycles. The summed E-state index contributed by atoms with van der Waals surface area (Å²) in [5.74, 6) is -1.25. The van der Waals surface area contributed by atoms with Crippen LogP contribution in [0.25, 0.3) is 11.1 Å². The van der Waals surface area contributed by atoms with Gasteiger partial charge in [-0.25, -0.2) is 14.6 Å². The lowest BCUT2D eigenvalue weighted by Crippen LogP contribution is -2.30. The number of aromatic carboxylic acids is 1. The number of nitrogens with one attached hydrogen (secondary N) is 2. The van der Waals surface area contributed by atoms with Gasteiger partial charge in [-0.3, -0.25) is 4.79 Å². The number of rotatable bonds is 8. The molecule has 0 radical (unpaired) electrons. The SMILES string of the molecule is Cc1nc(CNC(=O)[C@H]2C[C@H]2CNC(=O)OCC2c3ccccc3-c3ccccc32)sc1C(=O)O. The van der Waals surface area contributed by atoms with E-state index in [1.54, 1.807) is 6.92 Å². The Bertz CT molecular complexity index is 1260. The molecule has 2 aliphatic carbocycles. The molecule has 1 saturated carbocycles. The van der Waals surface area contributed by atoms with Crippen molar-refractivity contribution in [3.63, 3.8) is 0 Å². The van der Waals surface area contributed by atoms with Crippen LogP contribution < -0.4 is 10.6 Å². The number of carbonyl (C=O) groups is 3. The standard InChI is InChI=1S/C26H25N3O5S/c1-14-23(25(31)32)35-22(29-14)12-27-24(30)20-10-15(20)11-28-26(33)34-13-21-18-8-4-2-6-16(18)17-7-3-5-9-19(17)21/h2-9,15,20-21H,10-13H2,1H3,(H,27,30)(H,28,33)(H,31,32)/t15-,20-/m0/s1. The summed E-state index contributed by atoms with van der Waals surface area (Å²) >= 11 is 1.07. The van der Waals surface area contributed by atoms with Crippen molar-refractivity contribution >= 4 is 29.3 Å². The first-order valence-electron chi connectivity index (χ1n) is 11.5. The molecule has 1 heterocycles. The van der Waals surface area contributed by atoms with Crippen molar-refractivity contribution in [1.29, 1.82) is 0 Å². The van der Waals surface area contributed by atoms with Crippen LogP contribution in [-0.2, 0) is 16.1 Å². The molecule has 0 bridgehead atoms. The minimum absolute atomic E-state index is 0.00346. The van der Waals surface area contributed by atoms with Crippen LogP contribution in [0.5, 0.6) is 0 Å². The molecule has 8 nitrogen and oxygen atoms in total. The maximum Gasteiger partial charge on any atom is 0.407 e. The summed E-state index contributed by atoms with van der Waals surface area (Å²) in [6, 6.07) is 16.3. The number of alkyl carbamates (subject to hydrolysis) is 1. The van der Waals surface area contributed by atoms with E-state index in [0.29, 0.717) is 23.7 Å². The molecule has 0 unspecified atom stereocenters. The van der Waals surface area contributed by atoms with E-state index in [4.69, 9.17) is 9.84 Å². The summed E-state index contributed by atoms with van der Waals surface area (Å²) in [4.78, 5) is 40.3. The van der Waals surface area contributed by atoms with E-state index < -0.39 is 12.1 Å². The highest BCUT2D eigenvalue weighted by Gasteiger charge is 2.43. The highest BCUT2D eigenvalue weighted by Crippen LogP contribution is 2.44. The van der Waals surface area contributed by atoms with Gasteiger partial charge in [-0.1, -0.05) is 48.5 Å². The average Bonchev–Trinajstić information content (AvgIpc) is 3.44. The van der Waals surface area contributed by atoms with E-state index in [0.717, 1.165) is 22.5 Å². The molecule has 2 amide bonds. The van der Waals surface area contributed by atoms with Gasteiger partial charge in [-0.2, -0.15) is 0 Å². The lowest BCUT2D eigenvalue weighted by atomic mass is 9.98. The number of benzene rings is 2. The maximum absolute atomic E-state index is 12.4. The van der Waals surface area contributed by atoms with E-state index in [9.17, 15) is 14.4 Å². The van der Waals surface area contributed by atoms with E-state index in [1.807, 2.05) is 24.3 Å². The first-order valence-corrected chi connectivity index (χ1v) is 12.3. The summed E-state index contributed by atoms with van der Waals surface area (Å²) in [5.41, 5.74) is 5.12. The fraction of sp³-hybridized carbons (Fsp3) is 0.308. The Morgan fingerprint density at radius 2 is 1.71 bits per heavy atom. The fourth-order valence-electron chi connectivity index (χ4n) is 4.68. The minimum atomic E-state index is -1.01. The predicted molar refractivity (Wildman–Crippen MR) is 130 cm³/mol. The van der Waals surface area contributed by atoms with Crippen LogP contribution in [0.3, 0.4) is 0 Å². The predicted octanol–water partition coefficient (Wildman–Crippen LogP) is 3.94. The Morgan fingerprint density at radius 3 is 2.34 bits per heavy atom. The number of thiazole rings is 1. The summed E-state index contributed by atoms with van der Waals surface area (Å²) < 4.78 is 5.55. The Kier molecular flexibility index (Phi) is 6.25. The van der Waals surface area contributed by atoms with Crippen molar-refractivity contribution < 1.29 is 24.2 Å². The van der Waals surface area contributed by atoms with Crippen molar-refractivity contribution in [2.75, 3.05) is 13.2 Å². The Balaban J connectivity index is 1.07. The molecule has 5 rings (SSSR count). The summed E-state index contributed by atoms with van der Waals surface area (Å²) in [6.07, 6.45) is 0.199. The van der Waals surface area contributed by atoms with Gasteiger partial charge < -0.3 is 20.5 Å². The van der Waals surface area contributed by atoms with Crippen LogP contribution in [0, 0.1) is 18.8 Å². The third kappa shape index (κ3) is 4.77. The number of ether oxygens (including phenoxy) is 1. The number of carbonyl (C=O) groups excluding carboxylic acids is 2. The molecular formula is C26H25N3O5S. The van der Waals surface area contributed by atoms with Crippen molar-refractivity contribution in [1.82, 2.24) is 15.6 Å². The molecule has 0 saturated heterocycles. The maximum atomic E-state index is 12.4. The zero-order chi connectivity index (χ0) is 24.5. The normalized spacial score (nSPS) is 17.9. The second kappa shape index (κ2) is 9.50. The van der Waals surface area contributed by atoms with E-state index >= 15 is 0 Å². The van der Waals surface area contributed by atoms with E-state index in [1.165, 1.54) is 11.1 Å². The molecule has 2 aromatic carbocycles. The molecule has 2 aliphatic rings. The number of nitrogens with zero attached hydrogens (tertiary/aromatic N) is 1. The van der Waals surface area contributed by atoms with E-state index in [-0.39, 0.29) is 41.7 Å². The zero-order valence-electron chi connectivity index (χ0n) is 19.1. The average molecular weight is 492 g/mol. The van der Waals surface area contributed by atoms with Gasteiger partial charge in [-0.15, -0.1) is 11.3 Å². The second-order valence-electron chi connectivity index (χ2n) is 8.85. The molecule has 1 aromatic heterocycles. The molecule has 180 valence electrons. The van der Waals surface area contributed by atoms with Crippen LogP contribution in [-0.4, -0.2) is 41.2 Å². The van der Waals surface area contributed by atoms with Crippen molar-refractivity contribution in [2.24, 2.45) is 11.8 Å². The highest BCUT2D eigenvalue weighted by atomic mass is 32.1. The van der Waals surface area contributed by atoms with Gasteiger partial charge in [0.1, 0.15) is 16.5 Å². The second-order valence-corrected chi connectivity index (χ2v) is 9.94. The Labute approximate surface area is 206 Å². The van der Waals surface area contributed by atoms with Crippen LogP contribution >= 0.6 is 11.3 Å². The van der Waals surface area contributed by atoms with Crippen molar-refractivity contribution in [3.8, 4) is 11.1 Å². The lowest BCUT2D eigenvalue weighted by molar-refractivity contribution is -0.122. The fourth-order valence-corrected chi connectivity index (χ4v) is 5.52. The van der Waals surface area contributed by atoms with Crippen LogP contribution in [0.15, 0.2) is 48.5 Å². The third-order valence-corrected chi connectivity index (χ3v) is 7.71. The molecule has 2 atom stereocenters. The Hall–Kier alpha value is -3.72. The van der Waals surface area contributed by atoms with Gasteiger partial charge in [0.15, 0.2) is 0 Å². The number of aryl methyl sites for hydroxylation is 1. The largest absolute Gasteiger partial charge is 0.477 e. The Morgan fingerprint density at radius 1 is 1.06 bits per heavy atom. The number of aromatic nitrogens is 1. The highest BCUT2D eigenvalue weighted by molar-refractivity contribution is 7.13. The quantitative estimate of drug-likeness (QED) is 0.439. The smallest absolute Gasteiger partial charge is 0.407 e. The molecule has 35 heavy (non-hydrogen) atoms. The molecule has 0 spiro atoms. The molecular weight excluding hydrogens is 466 g/mol. The molecule has 3 aromatic rings. The van der Waals surface area contributed by atoms with Crippen LogP contribution in [0.2, 0.25) is 0 Å². The van der Waals surface area contributed by atoms with Gasteiger partial charge in [-0.05, 0) is 41.5 Å². The van der Waals surface area contributed by atoms with Gasteiger partial charge in [0, 0.05) is 18.4 Å².